The van der Waals surface area contributed by atoms with E-state index in [-0.39, 0.29) is 53.0 Å². The summed E-state index contributed by atoms with van der Waals surface area (Å²) in [4.78, 5) is 68.3. The number of phosphoric acid groups is 2. The van der Waals surface area contributed by atoms with Crippen LogP contribution in [0.25, 0.3) is 33.4 Å². The minimum atomic E-state index is -5.44. The maximum atomic E-state index is 13.2. The largest absolute Gasteiger partial charge is 0.744 e. The van der Waals surface area contributed by atoms with Crippen molar-refractivity contribution in [2.45, 2.75) is 60.0 Å². The van der Waals surface area contributed by atoms with Crippen molar-refractivity contribution in [1.29, 1.82) is 0 Å². The van der Waals surface area contributed by atoms with E-state index in [2.05, 4.69) is 14.8 Å². The molecule has 362 valence electrons. The molecule has 1 amide bonds. The van der Waals surface area contributed by atoms with Crippen LogP contribution in [0, 0.1) is 0 Å². The van der Waals surface area contributed by atoms with E-state index in [1.165, 1.54) is 30.3 Å². The van der Waals surface area contributed by atoms with Crippen molar-refractivity contribution in [3.8, 4) is 22.5 Å². The van der Waals surface area contributed by atoms with E-state index in [1.807, 2.05) is 0 Å². The lowest BCUT2D eigenvalue weighted by molar-refractivity contribution is -0.176. The van der Waals surface area contributed by atoms with E-state index in [4.69, 9.17) is 44.9 Å². The number of nitrogens with one attached hydrogen (secondary N) is 1. The van der Waals surface area contributed by atoms with Crippen LogP contribution in [-0.2, 0) is 47.7 Å². The molecule has 0 saturated carbocycles. The first-order valence-electron chi connectivity index (χ1n) is 19.2. The van der Waals surface area contributed by atoms with Crippen molar-refractivity contribution in [2.75, 3.05) is 31.2 Å². The van der Waals surface area contributed by atoms with E-state index in [1.54, 1.807) is 0 Å². The van der Waals surface area contributed by atoms with E-state index in [9.17, 15) is 64.6 Å². The Hall–Kier alpha value is -5.49. The quantitative estimate of drug-likeness (QED) is 0.0161. The van der Waals surface area contributed by atoms with Crippen LogP contribution >= 0.6 is 15.6 Å². The number of carbonyl (C=O) groups is 2. The lowest BCUT2D eigenvalue weighted by Gasteiger charge is -2.23. The number of hydrogen-bond donors (Lipinski definition) is 10. The Labute approximate surface area is 377 Å². The van der Waals surface area contributed by atoms with Crippen molar-refractivity contribution in [3.63, 3.8) is 0 Å². The Balaban J connectivity index is 1.10. The van der Waals surface area contributed by atoms with Crippen molar-refractivity contribution in [3.05, 3.63) is 81.7 Å². The van der Waals surface area contributed by atoms with E-state index >= 15 is 0 Å². The Morgan fingerprint density at radius 3 is 2.28 bits per heavy atom. The number of carbonyl (C=O) groups excluding carboxylic acids is 1. The molecule has 1 unspecified atom stereocenters. The predicted molar refractivity (Wildman–Crippen MR) is 225 cm³/mol. The molecule has 67 heavy (non-hydrogen) atoms. The highest BCUT2D eigenvalue weighted by Crippen LogP contribution is 2.50. The molecular formula is C36H40N6O21P2S2. The Morgan fingerprint density at radius 2 is 1.64 bits per heavy atom. The van der Waals surface area contributed by atoms with Gasteiger partial charge in [-0.15, -0.1) is 0 Å². The number of nitrogen functional groups attached to an aromatic ring is 2. The fourth-order valence-corrected chi connectivity index (χ4v) is 9.96. The Kier molecular flexibility index (Phi) is 14.9. The molecule has 2 aromatic carbocycles. The van der Waals surface area contributed by atoms with Gasteiger partial charge in [0.15, 0.2) is 17.6 Å². The number of nitrogens with two attached hydrogens (primary N) is 3. The molecule has 0 radical (unpaired) electrons. The second kappa shape index (κ2) is 19.6. The van der Waals surface area contributed by atoms with E-state index in [0.717, 1.165) is 29.0 Å². The van der Waals surface area contributed by atoms with Gasteiger partial charge in [-0.25, -0.2) is 27.1 Å². The molecule has 0 spiro atoms. The number of unbranched alkanes of at least 4 members (excludes halogenated alkanes) is 3. The van der Waals surface area contributed by atoms with Crippen LogP contribution in [0.4, 0.5) is 11.5 Å². The van der Waals surface area contributed by atoms with Gasteiger partial charge in [0.25, 0.3) is 5.91 Å². The molecular weight excluding hydrogens is 978 g/mol. The van der Waals surface area contributed by atoms with Gasteiger partial charge in [0.05, 0.1) is 24.5 Å². The molecule has 3 heterocycles. The molecule has 0 bridgehead atoms. The average molecular weight is 1020 g/mol. The minimum Gasteiger partial charge on any atom is -0.744 e. The first-order valence-corrected chi connectivity index (χ1v) is 25.1. The number of anilines is 2. The van der Waals surface area contributed by atoms with Gasteiger partial charge < -0.3 is 55.4 Å². The van der Waals surface area contributed by atoms with Crippen LogP contribution in [0.15, 0.2) is 73.7 Å². The zero-order valence-corrected chi connectivity index (χ0v) is 37.5. The molecule has 27 nitrogen and oxygen atoms in total. The number of fused-ring (bicyclic) bond motifs is 2. The second-order valence-corrected chi connectivity index (χ2v) is 19.9. The number of carboxylic acid groups (broad SMARTS) is 1. The molecule has 6 rings (SSSR count). The molecule has 2 aliphatic heterocycles. The van der Waals surface area contributed by atoms with E-state index < -0.39 is 122 Å². The summed E-state index contributed by atoms with van der Waals surface area (Å²) in [6, 6.07) is 9.06. The van der Waals surface area contributed by atoms with Crippen molar-refractivity contribution < 1.29 is 97.7 Å². The second-order valence-electron chi connectivity index (χ2n) is 14.6. The Morgan fingerprint density at radius 1 is 0.955 bits per heavy atom. The maximum absolute atomic E-state index is 13.2. The average Bonchev–Trinajstić information content (AvgIpc) is 3.51. The third kappa shape index (κ3) is 11.6. The lowest BCUT2D eigenvalue weighted by Crippen LogP contribution is -2.47. The van der Waals surface area contributed by atoms with Crippen molar-refractivity contribution >= 4 is 70.2 Å². The highest BCUT2D eigenvalue weighted by Gasteiger charge is 2.50. The third-order valence-electron chi connectivity index (χ3n) is 10.0. The first kappa shape index (κ1) is 50.9. The molecule has 5 atom stereocenters. The normalized spacial score (nSPS) is 18.8. The van der Waals surface area contributed by atoms with Crippen molar-refractivity contribution in [1.82, 2.24) is 14.9 Å². The van der Waals surface area contributed by atoms with Gasteiger partial charge in [0, 0.05) is 40.9 Å². The highest BCUT2D eigenvalue weighted by molar-refractivity contribution is 7.86. The van der Waals surface area contributed by atoms with Gasteiger partial charge in [0.1, 0.15) is 39.1 Å². The minimum absolute atomic E-state index is 0.0556. The van der Waals surface area contributed by atoms with Gasteiger partial charge in [0.2, 0.25) is 10.3 Å². The van der Waals surface area contributed by atoms with E-state index in [0.29, 0.717) is 19.3 Å². The summed E-state index contributed by atoms with van der Waals surface area (Å²) in [5, 5.41) is 28.9. The van der Waals surface area contributed by atoms with Gasteiger partial charge in [-0.1, -0.05) is 18.9 Å². The van der Waals surface area contributed by atoms with Crippen molar-refractivity contribution in [2.24, 2.45) is 0 Å². The third-order valence-corrected chi connectivity index (χ3v) is 13.4. The fourth-order valence-electron chi connectivity index (χ4n) is 7.15. The molecule has 1 fully saturated rings. The number of rotatable bonds is 19. The summed E-state index contributed by atoms with van der Waals surface area (Å²) in [6.45, 7) is -1.26. The summed E-state index contributed by atoms with van der Waals surface area (Å²) in [5.41, 5.74) is 7.64. The van der Waals surface area contributed by atoms with Crippen LogP contribution in [0.2, 0.25) is 0 Å². The number of phosphoric ester groups is 2. The molecule has 1 saturated heterocycles. The Bertz CT molecular complexity index is 3180. The summed E-state index contributed by atoms with van der Waals surface area (Å²) in [5.74, 6) is -3.24. The number of benzene rings is 3. The number of nitrogens with zero attached hydrogens (tertiary/aromatic N) is 2. The molecule has 1 aromatic heterocycles. The summed E-state index contributed by atoms with van der Waals surface area (Å²) < 4.78 is 123. The van der Waals surface area contributed by atoms with Gasteiger partial charge in [-0.05, 0) is 54.8 Å². The number of hydrogen-bond acceptors (Lipinski definition) is 19. The smallest absolute Gasteiger partial charge is 0.472 e. The number of carboxylic acids is 1. The molecule has 3 aromatic rings. The molecule has 3 aliphatic rings. The van der Waals surface area contributed by atoms with Crippen LogP contribution in [0.3, 0.4) is 0 Å². The summed E-state index contributed by atoms with van der Waals surface area (Å²) in [7, 11) is -20.7. The van der Waals surface area contributed by atoms with Crippen LogP contribution < -0.4 is 33.2 Å². The predicted octanol–water partition coefficient (Wildman–Crippen LogP) is -0.705. The maximum Gasteiger partial charge on any atom is 0.472 e. The lowest BCUT2D eigenvalue weighted by atomic mass is 9.89. The number of aromatic nitrogens is 2. The van der Waals surface area contributed by atoms with Gasteiger partial charge >= 0.3 is 37.4 Å². The zero-order valence-electron chi connectivity index (χ0n) is 34.1. The number of aromatic carboxylic acids is 1. The number of ether oxygens (including phenoxy) is 1. The number of aliphatic hydroxyl groups is 1. The molecule has 13 N–H and O–H groups in total. The fraction of sp³-hybridized carbons (Fsp3) is 0.306. The number of aliphatic hydroxyl groups excluding tert-OH is 1. The van der Waals surface area contributed by atoms with Crippen LogP contribution in [0.1, 0.15) is 52.6 Å². The zero-order chi connectivity index (χ0) is 49.4. The van der Waals surface area contributed by atoms with Gasteiger partial charge in [-0.3, -0.25) is 32.9 Å². The highest BCUT2D eigenvalue weighted by atomic mass is 32.2. The first-order chi connectivity index (χ1) is 31.2. The molecule has 1 aliphatic carbocycles. The number of amides is 1. The molecule has 31 heteroatoms. The standard InChI is InChI=1S/C36H40N6O21P2S2/c37-22-9-7-19-26(20-8-10-23(38)32(67(56,57)58)29(20)62-28(19)31(22)66(53,54)55)18-6-5-17(15-21(18)35(45)46)33(44)40-12-3-1-2-4-14-59-65(51,52)63-30-24(16-60-64(48,49)50)61-34(27(30)43)42-13-11-25(39)41-36(42)47/h5-11,13,15,24,27,30,34,37,43H,1-4,12,14,16,38H2,(H,40,44)(H,45,46)(H,51,52)(H2,39,41,47)(H2,48,49,50)(H,53,54,55)(H,56,57,58)/t24-,27-,30-,34-/m1/s1. The monoisotopic (exact) mass is 1020 g/mol. The topological polar surface area (TPSA) is 456 Å². The summed E-state index contributed by atoms with van der Waals surface area (Å²) >= 11 is 0. The van der Waals surface area contributed by atoms with Crippen LogP contribution in [0.5, 0.6) is 0 Å². The SMILES string of the molecule is Nc1ccn([C@@H]2O[C@H](COP(=O)(O)O)[C@@H](OP(=O)(O)OCCCCCCNC(=O)c3ccc(-c4c5ccc(=[NH2+])c(S(=O)(=O)O)c-5oc5c(S(=O)(=O)[O-])c(N)ccc45)c(C(=O)O)c3)[C@H]2O)c(=O)n1. The van der Waals surface area contributed by atoms with Crippen LogP contribution in [-0.4, -0.2) is 110 Å². The van der Waals surface area contributed by atoms with Gasteiger partial charge in [-0.2, -0.15) is 13.4 Å². The summed E-state index contributed by atoms with van der Waals surface area (Å²) in [6.07, 6.45) is -4.51.